The molecule has 1 fully saturated rings. The van der Waals surface area contributed by atoms with Crippen molar-refractivity contribution in [1.82, 2.24) is 0 Å². The topological polar surface area (TPSA) is 39.7 Å². The zero-order valence-corrected chi connectivity index (χ0v) is 12.6. The molecule has 0 aromatic heterocycles. The molecule has 0 unspecified atom stereocenters. The third-order valence-electron chi connectivity index (χ3n) is 3.42. The van der Waals surface area contributed by atoms with Crippen molar-refractivity contribution in [2.24, 2.45) is 0 Å². The van der Waals surface area contributed by atoms with E-state index in [0.29, 0.717) is 25.4 Å². The van der Waals surface area contributed by atoms with E-state index in [2.05, 4.69) is 5.32 Å². The van der Waals surface area contributed by atoms with Gasteiger partial charge in [-0.25, -0.2) is 0 Å². The minimum absolute atomic E-state index is 0.406. The van der Waals surface area contributed by atoms with E-state index in [9.17, 15) is 0 Å². The summed E-state index contributed by atoms with van der Waals surface area (Å²) >= 11 is 0. The third kappa shape index (κ3) is 3.79. The highest BCUT2D eigenvalue weighted by atomic mass is 16.5. The lowest BCUT2D eigenvalue weighted by molar-refractivity contribution is 0.00294. The van der Waals surface area contributed by atoms with Gasteiger partial charge in [0, 0.05) is 18.7 Å². The average molecular weight is 279 g/mol. The molecule has 0 amide bonds. The first-order valence-corrected chi connectivity index (χ1v) is 7.54. The number of rotatable bonds is 8. The van der Waals surface area contributed by atoms with Gasteiger partial charge >= 0.3 is 0 Å². The predicted octanol–water partition coefficient (Wildman–Crippen LogP) is 3.46. The monoisotopic (exact) mass is 279 g/mol. The fourth-order valence-corrected chi connectivity index (χ4v) is 2.43. The normalized spacial score (nSPS) is 21.1. The Hall–Kier alpha value is -1.42. The van der Waals surface area contributed by atoms with Gasteiger partial charge in [0.25, 0.3) is 0 Å². The summed E-state index contributed by atoms with van der Waals surface area (Å²) in [5, 5.41) is 3.53. The summed E-state index contributed by atoms with van der Waals surface area (Å²) in [4.78, 5) is 0. The van der Waals surface area contributed by atoms with Gasteiger partial charge in [-0.05, 0) is 45.7 Å². The summed E-state index contributed by atoms with van der Waals surface area (Å²) in [6.07, 6.45) is 2.51. The van der Waals surface area contributed by atoms with E-state index in [1.165, 1.54) is 0 Å². The number of hydrogen-bond donors (Lipinski definition) is 1. The lowest BCUT2D eigenvalue weighted by Crippen LogP contribution is -2.40. The number of nitrogens with one attached hydrogen (secondary N) is 1. The van der Waals surface area contributed by atoms with Gasteiger partial charge in [-0.2, -0.15) is 0 Å². The Kier molecular flexibility index (Phi) is 5.53. The predicted molar refractivity (Wildman–Crippen MR) is 80.8 cm³/mol. The maximum atomic E-state index is 5.66. The first kappa shape index (κ1) is 15.0. The zero-order chi connectivity index (χ0) is 14.4. The molecule has 0 spiro atoms. The Labute approximate surface area is 121 Å². The molecule has 0 atom stereocenters. The minimum Gasteiger partial charge on any atom is -0.494 e. The van der Waals surface area contributed by atoms with E-state index >= 15 is 0 Å². The van der Waals surface area contributed by atoms with E-state index < -0.39 is 0 Å². The van der Waals surface area contributed by atoms with Crippen molar-refractivity contribution in [3.05, 3.63) is 18.2 Å². The molecule has 1 aliphatic carbocycles. The van der Waals surface area contributed by atoms with Gasteiger partial charge in [0.15, 0.2) is 0 Å². The number of hydrogen-bond acceptors (Lipinski definition) is 4. The quantitative estimate of drug-likeness (QED) is 0.791. The lowest BCUT2D eigenvalue weighted by atomic mass is 9.89. The Morgan fingerprint density at radius 2 is 1.80 bits per heavy atom. The van der Waals surface area contributed by atoms with Crippen molar-refractivity contribution < 1.29 is 14.2 Å². The van der Waals surface area contributed by atoms with Gasteiger partial charge in [-0.15, -0.1) is 0 Å². The minimum atomic E-state index is 0.406. The Morgan fingerprint density at radius 3 is 2.45 bits per heavy atom. The van der Waals surface area contributed by atoms with E-state index in [1.54, 1.807) is 0 Å². The van der Waals surface area contributed by atoms with Crippen molar-refractivity contribution >= 4 is 5.69 Å². The van der Waals surface area contributed by atoms with Crippen molar-refractivity contribution in [2.45, 2.75) is 45.8 Å². The maximum Gasteiger partial charge on any atom is 0.142 e. The van der Waals surface area contributed by atoms with Crippen LogP contribution in [0.1, 0.15) is 33.6 Å². The number of benzene rings is 1. The van der Waals surface area contributed by atoms with Crippen molar-refractivity contribution in [1.29, 1.82) is 0 Å². The van der Waals surface area contributed by atoms with Crippen LogP contribution in [0.5, 0.6) is 11.5 Å². The Balaban J connectivity index is 1.99. The molecule has 1 N–H and O–H groups in total. The van der Waals surface area contributed by atoms with Crippen LogP contribution in [0.4, 0.5) is 5.69 Å². The summed E-state index contributed by atoms with van der Waals surface area (Å²) in [7, 11) is 0. The number of ether oxygens (including phenoxy) is 3. The van der Waals surface area contributed by atoms with Crippen LogP contribution >= 0.6 is 0 Å². The summed E-state index contributed by atoms with van der Waals surface area (Å²) in [5.74, 6) is 1.76. The van der Waals surface area contributed by atoms with Crippen LogP contribution in [0.2, 0.25) is 0 Å². The standard InChI is InChI=1S/C16H25NO3/c1-4-18-13-7-8-16(20-6-3)15(11-13)17-12-9-14(10-12)19-5-2/h7-8,11-12,14,17H,4-6,9-10H2,1-3H3. The van der Waals surface area contributed by atoms with E-state index in [0.717, 1.165) is 36.6 Å². The van der Waals surface area contributed by atoms with Crippen LogP contribution < -0.4 is 14.8 Å². The van der Waals surface area contributed by atoms with Gasteiger partial charge in [-0.1, -0.05) is 0 Å². The largest absolute Gasteiger partial charge is 0.494 e. The molecule has 1 aromatic rings. The van der Waals surface area contributed by atoms with Gasteiger partial charge < -0.3 is 19.5 Å². The molecule has 4 heteroatoms. The maximum absolute atomic E-state index is 5.66. The molecule has 1 aromatic carbocycles. The first-order valence-electron chi connectivity index (χ1n) is 7.54. The van der Waals surface area contributed by atoms with Crippen molar-refractivity contribution in [2.75, 3.05) is 25.1 Å². The van der Waals surface area contributed by atoms with Crippen LogP contribution in [0.25, 0.3) is 0 Å². The van der Waals surface area contributed by atoms with Gasteiger partial charge in [0.1, 0.15) is 11.5 Å². The molecule has 20 heavy (non-hydrogen) atoms. The Bertz CT molecular complexity index is 416. The smallest absolute Gasteiger partial charge is 0.142 e. The summed E-state index contributed by atoms with van der Waals surface area (Å²) in [6, 6.07) is 6.39. The molecule has 0 aliphatic heterocycles. The zero-order valence-electron chi connectivity index (χ0n) is 12.6. The van der Waals surface area contributed by atoms with Crippen molar-refractivity contribution in [3.8, 4) is 11.5 Å². The fraction of sp³-hybridized carbons (Fsp3) is 0.625. The first-order chi connectivity index (χ1) is 9.76. The van der Waals surface area contributed by atoms with Crippen LogP contribution in [-0.2, 0) is 4.74 Å². The molecule has 1 aliphatic rings. The van der Waals surface area contributed by atoms with E-state index in [4.69, 9.17) is 14.2 Å². The molecule has 1 saturated carbocycles. The molecule has 4 nitrogen and oxygen atoms in total. The van der Waals surface area contributed by atoms with Gasteiger partial charge in [-0.3, -0.25) is 0 Å². The van der Waals surface area contributed by atoms with E-state index in [1.807, 2.05) is 39.0 Å². The van der Waals surface area contributed by atoms with Crippen LogP contribution in [0.3, 0.4) is 0 Å². The molecule has 0 heterocycles. The van der Waals surface area contributed by atoms with E-state index in [-0.39, 0.29) is 0 Å². The average Bonchev–Trinajstić information content (AvgIpc) is 2.40. The SMILES string of the molecule is CCOc1ccc(OCC)c(NC2CC(OCC)C2)c1. The number of anilines is 1. The van der Waals surface area contributed by atoms with Crippen LogP contribution in [-0.4, -0.2) is 32.0 Å². The molecule has 0 radical (unpaired) electrons. The molecular weight excluding hydrogens is 254 g/mol. The molecule has 2 rings (SSSR count). The Morgan fingerprint density at radius 1 is 1.05 bits per heavy atom. The highest BCUT2D eigenvalue weighted by Crippen LogP contribution is 2.34. The molecule has 0 saturated heterocycles. The second-order valence-corrected chi connectivity index (χ2v) is 4.91. The molecule has 112 valence electrons. The fourth-order valence-electron chi connectivity index (χ4n) is 2.43. The highest BCUT2D eigenvalue weighted by Gasteiger charge is 2.30. The van der Waals surface area contributed by atoms with Gasteiger partial charge in [0.05, 0.1) is 25.0 Å². The third-order valence-corrected chi connectivity index (χ3v) is 3.42. The summed E-state index contributed by atoms with van der Waals surface area (Å²) < 4.78 is 16.8. The second-order valence-electron chi connectivity index (χ2n) is 4.91. The van der Waals surface area contributed by atoms with Crippen molar-refractivity contribution in [3.63, 3.8) is 0 Å². The molecular formula is C16H25NO3. The van der Waals surface area contributed by atoms with Crippen LogP contribution in [0.15, 0.2) is 18.2 Å². The second kappa shape index (κ2) is 7.39. The summed E-state index contributed by atoms with van der Waals surface area (Å²) in [6.45, 7) is 8.15. The highest BCUT2D eigenvalue weighted by molar-refractivity contribution is 5.60. The summed E-state index contributed by atoms with van der Waals surface area (Å²) in [5.41, 5.74) is 1.01. The van der Waals surface area contributed by atoms with Gasteiger partial charge in [0.2, 0.25) is 0 Å². The van der Waals surface area contributed by atoms with Crippen LogP contribution in [0, 0.1) is 0 Å². The molecule has 0 bridgehead atoms. The lowest BCUT2D eigenvalue weighted by Gasteiger charge is -2.36.